The number of carbonyl (C=O) groups excluding carboxylic acids is 1. The first-order chi connectivity index (χ1) is 8.58. The maximum atomic E-state index is 13.1. The normalized spacial score (nSPS) is 12.0. The smallest absolute Gasteiger partial charge is 0.284 e. The van der Waals surface area contributed by atoms with Gasteiger partial charge in [-0.2, -0.15) is 0 Å². The van der Waals surface area contributed by atoms with Gasteiger partial charge in [-0.05, 0) is 43.5 Å². The highest BCUT2D eigenvalue weighted by molar-refractivity contribution is 5.79. The van der Waals surface area contributed by atoms with E-state index in [1.165, 1.54) is 18.2 Å². The Morgan fingerprint density at radius 1 is 1.56 bits per heavy atom. The van der Waals surface area contributed by atoms with E-state index in [2.05, 4.69) is 0 Å². The van der Waals surface area contributed by atoms with E-state index in [1.807, 2.05) is 6.92 Å². The van der Waals surface area contributed by atoms with Gasteiger partial charge in [0.15, 0.2) is 6.10 Å². The predicted octanol–water partition coefficient (Wildman–Crippen LogP) is 2.58. The minimum atomic E-state index is -0.764. The molecule has 2 N–H and O–H groups in total. The number of benzene rings is 1. The van der Waals surface area contributed by atoms with Crippen molar-refractivity contribution < 1.29 is 19.1 Å². The summed E-state index contributed by atoms with van der Waals surface area (Å²) in [6.07, 6.45) is 1.46. The molecule has 4 nitrogen and oxygen atoms in total. The molecule has 0 radical (unpaired) electrons. The van der Waals surface area contributed by atoms with Crippen molar-refractivity contribution >= 4 is 5.91 Å². The maximum absolute atomic E-state index is 13.1. The van der Waals surface area contributed by atoms with Crippen molar-refractivity contribution in [1.82, 2.24) is 5.48 Å². The predicted molar refractivity (Wildman–Crippen MR) is 65.0 cm³/mol. The van der Waals surface area contributed by atoms with Crippen LogP contribution in [0.2, 0.25) is 0 Å². The third kappa shape index (κ3) is 4.00. The Kier molecular flexibility index (Phi) is 5.58. The lowest BCUT2D eigenvalue weighted by Crippen LogP contribution is -2.36. The molecule has 1 rings (SSSR count). The lowest BCUT2D eigenvalue weighted by atomic mass is 10.1. The monoisotopic (exact) mass is 255 g/mol. The molecule has 1 atom stereocenters. The quantitative estimate of drug-likeness (QED) is 0.606. The van der Waals surface area contributed by atoms with E-state index >= 15 is 0 Å². The highest BCUT2D eigenvalue weighted by Crippen LogP contribution is 2.19. The van der Waals surface area contributed by atoms with E-state index in [-0.39, 0.29) is 5.82 Å². The zero-order chi connectivity index (χ0) is 13.5. The maximum Gasteiger partial charge on any atom is 0.284 e. The van der Waals surface area contributed by atoms with Crippen LogP contribution >= 0.6 is 0 Å². The number of carbonyl (C=O) groups is 1. The number of nitrogens with one attached hydrogen (secondary N) is 1. The summed E-state index contributed by atoms with van der Waals surface area (Å²) in [7, 11) is 0. The second-order valence-electron chi connectivity index (χ2n) is 4.14. The standard InChI is InChI=1S/C13H18FNO3/c1-3-4-5-12(13(16)15-17)18-10-6-7-11(14)9(2)8-10/h6-8,12,17H,3-5H2,1-2H3,(H,15,16). The summed E-state index contributed by atoms with van der Waals surface area (Å²) in [6, 6.07) is 4.28. The molecule has 100 valence electrons. The number of ether oxygens (including phenoxy) is 1. The fourth-order valence-electron chi connectivity index (χ4n) is 1.56. The van der Waals surface area contributed by atoms with Gasteiger partial charge in [0.25, 0.3) is 5.91 Å². The highest BCUT2D eigenvalue weighted by atomic mass is 19.1. The van der Waals surface area contributed by atoms with Crippen LogP contribution in [0.3, 0.4) is 0 Å². The van der Waals surface area contributed by atoms with E-state index in [0.29, 0.717) is 17.7 Å². The number of aryl methyl sites for hydroxylation is 1. The van der Waals surface area contributed by atoms with Gasteiger partial charge in [-0.15, -0.1) is 0 Å². The van der Waals surface area contributed by atoms with Crippen molar-refractivity contribution in [2.24, 2.45) is 0 Å². The number of halogens is 1. The van der Waals surface area contributed by atoms with Crippen LogP contribution in [0.4, 0.5) is 4.39 Å². The topological polar surface area (TPSA) is 58.6 Å². The zero-order valence-corrected chi connectivity index (χ0v) is 10.6. The largest absolute Gasteiger partial charge is 0.481 e. The molecule has 0 saturated heterocycles. The van der Waals surface area contributed by atoms with Gasteiger partial charge in [-0.1, -0.05) is 13.3 Å². The van der Waals surface area contributed by atoms with Crippen molar-refractivity contribution in [3.05, 3.63) is 29.6 Å². The molecule has 1 aromatic rings. The Morgan fingerprint density at radius 2 is 2.28 bits per heavy atom. The van der Waals surface area contributed by atoms with Crippen LogP contribution in [0.25, 0.3) is 0 Å². The van der Waals surface area contributed by atoms with Gasteiger partial charge in [0, 0.05) is 0 Å². The lowest BCUT2D eigenvalue weighted by molar-refractivity contribution is -0.136. The van der Waals surface area contributed by atoms with Crippen LogP contribution in [0, 0.1) is 12.7 Å². The molecular formula is C13H18FNO3. The van der Waals surface area contributed by atoms with Crippen LogP contribution in [0.1, 0.15) is 31.7 Å². The van der Waals surface area contributed by atoms with Crippen molar-refractivity contribution in [2.45, 2.75) is 39.2 Å². The van der Waals surface area contributed by atoms with Crippen LogP contribution in [0.5, 0.6) is 5.75 Å². The van der Waals surface area contributed by atoms with Crippen molar-refractivity contribution in [1.29, 1.82) is 0 Å². The molecular weight excluding hydrogens is 237 g/mol. The van der Waals surface area contributed by atoms with E-state index < -0.39 is 12.0 Å². The number of rotatable bonds is 6. The first-order valence-corrected chi connectivity index (χ1v) is 5.95. The van der Waals surface area contributed by atoms with E-state index in [0.717, 1.165) is 12.8 Å². The number of unbranched alkanes of at least 4 members (excludes halogenated alkanes) is 1. The van der Waals surface area contributed by atoms with Gasteiger partial charge >= 0.3 is 0 Å². The van der Waals surface area contributed by atoms with Crippen molar-refractivity contribution in [3.63, 3.8) is 0 Å². The first kappa shape index (κ1) is 14.4. The fraction of sp³-hybridized carbons (Fsp3) is 0.462. The highest BCUT2D eigenvalue weighted by Gasteiger charge is 2.19. The molecule has 1 amide bonds. The minimum absolute atomic E-state index is 0.320. The summed E-state index contributed by atoms with van der Waals surface area (Å²) in [5.41, 5.74) is 2.03. The first-order valence-electron chi connectivity index (χ1n) is 5.95. The SMILES string of the molecule is CCCCC(Oc1ccc(F)c(C)c1)C(=O)NO. The molecule has 0 saturated carbocycles. The summed E-state index contributed by atoms with van der Waals surface area (Å²) in [4.78, 5) is 11.4. The Morgan fingerprint density at radius 3 is 2.83 bits per heavy atom. The van der Waals surface area contributed by atoms with Gasteiger partial charge < -0.3 is 4.74 Å². The van der Waals surface area contributed by atoms with Crippen LogP contribution in [0.15, 0.2) is 18.2 Å². The summed E-state index contributed by atoms with van der Waals surface area (Å²) >= 11 is 0. The van der Waals surface area contributed by atoms with Gasteiger partial charge in [0.05, 0.1) is 0 Å². The number of amides is 1. The zero-order valence-electron chi connectivity index (χ0n) is 10.6. The summed E-state index contributed by atoms with van der Waals surface area (Å²) in [6.45, 7) is 3.62. The molecule has 0 aliphatic carbocycles. The second-order valence-corrected chi connectivity index (χ2v) is 4.14. The second kappa shape index (κ2) is 6.96. The Hall–Kier alpha value is -1.62. The fourth-order valence-corrected chi connectivity index (χ4v) is 1.56. The molecule has 5 heteroatoms. The third-order valence-electron chi connectivity index (χ3n) is 2.63. The van der Waals surface area contributed by atoms with E-state index in [9.17, 15) is 9.18 Å². The van der Waals surface area contributed by atoms with Gasteiger partial charge in [0.2, 0.25) is 0 Å². The molecule has 0 aliphatic heterocycles. The molecule has 0 heterocycles. The molecule has 0 bridgehead atoms. The van der Waals surface area contributed by atoms with Crippen LogP contribution in [-0.4, -0.2) is 17.2 Å². The van der Waals surface area contributed by atoms with E-state index in [1.54, 1.807) is 12.4 Å². The number of hydrogen-bond acceptors (Lipinski definition) is 3. The van der Waals surface area contributed by atoms with Crippen LogP contribution < -0.4 is 10.2 Å². The lowest BCUT2D eigenvalue weighted by Gasteiger charge is -2.17. The molecule has 0 aliphatic rings. The molecule has 0 fully saturated rings. The molecule has 1 aromatic carbocycles. The summed E-state index contributed by atoms with van der Waals surface area (Å²) in [5, 5.41) is 8.64. The Labute approximate surface area is 106 Å². The van der Waals surface area contributed by atoms with Gasteiger partial charge in [-0.3, -0.25) is 10.0 Å². The van der Waals surface area contributed by atoms with Gasteiger partial charge in [-0.25, -0.2) is 9.87 Å². The summed E-state index contributed by atoms with van der Waals surface area (Å²) < 4.78 is 18.6. The average molecular weight is 255 g/mol. The van der Waals surface area contributed by atoms with E-state index in [4.69, 9.17) is 9.94 Å². The molecule has 1 unspecified atom stereocenters. The minimum Gasteiger partial charge on any atom is -0.481 e. The van der Waals surface area contributed by atoms with Crippen molar-refractivity contribution in [3.8, 4) is 5.75 Å². The number of hydrogen-bond donors (Lipinski definition) is 2. The Balaban J connectivity index is 2.75. The number of hydroxylamine groups is 1. The molecule has 0 spiro atoms. The molecule has 18 heavy (non-hydrogen) atoms. The van der Waals surface area contributed by atoms with Gasteiger partial charge in [0.1, 0.15) is 11.6 Å². The van der Waals surface area contributed by atoms with Crippen molar-refractivity contribution in [2.75, 3.05) is 0 Å². The summed E-state index contributed by atoms with van der Waals surface area (Å²) in [5.74, 6) is -0.497. The molecule has 0 aromatic heterocycles. The third-order valence-corrected chi connectivity index (χ3v) is 2.63. The average Bonchev–Trinajstić information content (AvgIpc) is 2.37. The Bertz CT molecular complexity index is 409. The van der Waals surface area contributed by atoms with Crippen LogP contribution in [-0.2, 0) is 4.79 Å².